The molecule has 2 aromatic carbocycles. The van der Waals surface area contributed by atoms with Crippen LogP contribution in [0.2, 0.25) is 0 Å². The molecule has 2 bridgehead atoms. The number of rotatable bonds is 4. The van der Waals surface area contributed by atoms with E-state index >= 15 is 0 Å². The van der Waals surface area contributed by atoms with Crippen molar-refractivity contribution in [2.24, 2.45) is 0 Å². The predicted molar refractivity (Wildman–Crippen MR) is 98.8 cm³/mol. The van der Waals surface area contributed by atoms with Crippen LogP contribution in [-0.2, 0) is 0 Å². The smallest absolute Gasteiger partial charge is 0.254 e. The highest BCUT2D eigenvalue weighted by Gasteiger charge is 2.34. The van der Waals surface area contributed by atoms with E-state index in [-0.39, 0.29) is 17.2 Å². The Hall–Kier alpha value is -2.47. The lowest BCUT2D eigenvalue weighted by atomic mass is 9.98. The molecule has 0 radical (unpaired) electrons. The van der Waals surface area contributed by atoms with Crippen LogP contribution < -0.4 is 15.4 Å². The molecule has 2 atom stereocenters. The number of methoxy groups -OCH3 is 1. The number of benzene rings is 2. The van der Waals surface area contributed by atoms with Gasteiger partial charge in [0, 0.05) is 29.8 Å². The Balaban J connectivity index is 1.50. The monoisotopic (exact) mass is 372 g/mol. The van der Waals surface area contributed by atoms with Crippen molar-refractivity contribution in [2.75, 3.05) is 7.11 Å². The van der Waals surface area contributed by atoms with E-state index in [2.05, 4.69) is 10.6 Å². The molecule has 2 saturated heterocycles. The van der Waals surface area contributed by atoms with Gasteiger partial charge in [-0.2, -0.15) is 0 Å². The van der Waals surface area contributed by atoms with E-state index in [1.165, 1.54) is 31.4 Å². The Kier molecular flexibility index (Phi) is 4.83. The molecule has 1 amide bonds. The van der Waals surface area contributed by atoms with Crippen LogP contribution in [0.3, 0.4) is 0 Å². The average molecular weight is 372 g/mol. The third-order valence-corrected chi connectivity index (χ3v) is 5.51. The minimum absolute atomic E-state index is 0.0152. The van der Waals surface area contributed by atoms with Gasteiger partial charge < -0.3 is 15.4 Å². The molecule has 2 fully saturated rings. The van der Waals surface area contributed by atoms with Crippen LogP contribution in [0, 0.1) is 11.6 Å². The first kappa shape index (κ1) is 17.9. The summed E-state index contributed by atoms with van der Waals surface area (Å²) in [5.41, 5.74) is 0.624. The topological polar surface area (TPSA) is 50.4 Å². The standard InChI is InChI=1S/C21H22F2N2O2/c1-27-16-5-7-17(20(23)11-16)12-2-6-18(19(22)8-12)21(26)25-15-9-13-3-4-14(10-15)24-13/h2,5-8,11,13-15,24H,3-4,9-10H2,1H3,(H,25,26). The summed E-state index contributed by atoms with van der Waals surface area (Å²) in [6.07, 6.45) is 4.01. The van der Waals surface area contributed by atoms with E-state index < -0.39 is 17.5 Å². The van der Waals surface area contributed by atoms with E-state index in [0.29, 0.717) is 23.4 Å². The number of carbonyl (C=O) groups excluding carboxylic acids is 1. The Morgan fingerprint density at radius 1 is 1.07 bits per heavy atom. The summed E-state index contributed by atoms with van der Waals surface area (Å²) in [4.78, 5) is 12.5. The molecule has 0 aliphatic carbocycles. The fourth-order valence-electron chi connectivity index (χ4n) is 4.16. The first-order valence-corrected chi connectivity index (χ1v) is 9.24. The van der Waals surface area contributed by atoms with Crippen molar-refractivity contribution in [1.82, 2.24) is 10.6 Å². The molecule has 4 nitrogen and oxygen atoms in total. The molecule has 142 valence electrons. The van der Waals surface area contributed by atoms with E-state index in [9.17, 15) is 13.6 Å². The van der Waals surface area contributed by atoms with Gasteiger partial charge in [-0.1, -0.05) is 6.07 Å². The number of halogens is 2. The molecule has 2 aliphatic rings. The predicted octanol–water partition coefficient (Wildman–Crippen LogP) is 3.65. The average Bonchev–Trinajstić information content (AvgIpc) is 2.99. The first-order chi connectivity index (χ1) is 13.0. The number of hydrogen-bond donors (Lipinski definition) is 2. The first-order valence-electron chi connectivity index (χ1n) is 9.24. The fourth-order valence-corrected chi connectivity index (χ4v) is 4.16. The van der Waals surface area contributed by atoms with E-state index in [1.807, 2.05) is 0 Å². The third kappa shape index (κ3) is 3.67. The summed E-state index contributed by atoms with van der Waals surface area (Å²) in [5.74, 6) is -1.18. The minimum atomic E-state index is -0.655. The highest BCUT2D eigenvalue weighted by atomic mass is 19.1. The largest absolute Gasteiger partial charge is 0.497 e. The molecule has 2 aromatic rings. The van der Waals surface area contributed by atoms with Gasteiger partial charge in [0.05, 0.1) is 12.7 Å². The number of amides is 1. The number of nitrogens with one attached hydrogen (secondary N) is 2. The molecule has 0 saturated carbocycles. The number of carbonyl (C=O) groups is 1. The Morgan fingerprint density at radius 3 is 2.44 bits per heavy atom. The maximum Gasteiger partial charge on any atom is 0.254 e. The molecule has 2 unspecified atom stereocenters. The van der Waals surface area contributed by atoms with Gasteiger partial charge in [-0.3, -0.25) is 4.79 Å². The Bertz CT molecular complexity index is 859. The van der Waals surface area contributed by atoms with Crippen LogP contribution in [0.4, 0.5) is 8.78 Å². The second-order valence-corrected chi connectivity index (χ2v) is 7.32. The van der Waals surface area contributed by atoms with E-state index in [1.54, 1.807) is 12.1 Å². The Labute approximate surface area is 156 Å². The van der Waals surface area contributed by atoms with Crippen LogP contribution in [0.1, 0.15) is 36.0 Å². The maximum atomic E-state index is 14.6. The van der Waals surface area contributed by atoms with E-state index in [4.69, 9.17) is 4.74 Å². The molecular formula is C21H22F2N2O2. The molecule has 0 aromatic heterocycles. The van der Waals surface area contributed by atoms with Gasteiger partial charge in [0.15, 0.2) is 0 Å². The molecule has 4 rings (SSSR count). The number of ether oxygens (including phenoxy) is 1. The summed E-state index contributed by atoms with van der Waals surface area (Å²) in [7, 11) is 1.45. The zero-order chi connectivity index (χ0) is 19.0. The van der Waals surface area contributed by atoms with Gasteiger partial charge in [-0.15, -0.1) is 0 Å². The summed E-state index contributed by atoms with van der Waals surface area (Å²) < 4.78 is 33.8. The van der Waals surface area contributed by atoms with Gasteiger partial charge >= 0.3 is 0 Å². The second-order valence-electron chi connectivity index (χ2n) is 7.32. The van der Waals surface area contributed by atoms with Crippen molar-refractivity contribution < 1.29 is 18.3 Å². The minimum Gasteiger partial charge on any atom is -0.497 e. The normalized spacial score (nSPS) is 23.9. The maximum absolute atomic E-state index is 14.6. The highest BCUT2D eigenvalue weighted by molar-refractivity contribution is 5.95. The van der Waals surface area contributed by atoms with Gasteiger partial charge in [0.25, 0.3) is 5.91 Å². The molecule has 2 aliphatic heterocycles. The molecule has 2 N–H and O–H groups in total. The van der Waals surface area contributed by atoms with E-state index in [0.717, 1.165) is 25.7 Å². The summed E-state index contributed by atoms with van der Waals surface area (Å²) in [5, 5.41) is 6.47. The molecule has 2 heterocycles. The van der Waals surface area contributed by atoms with Crippen molar-refractivity contribution in [3.05, 3.63) is 53.6 Å². The summed E-state index contributed by atoms with van der Waals surface area (Å²) in [6, 6.07) is 9.53. The van der Waals surface area contributed by atoms with Gasteiger partial charge in [0.2, 0.25) is 0 Å². The number of piperidine rings is 1. The van der Waals surface area contributed by atoms with Crippen LogP contribution in [0.15, 0.2) is 36.4 Å². The van der Waals surface area contributed by atoms with Crippen molar-refractivity contribution in [3.8, 4) is 16.9 Å². The number of fused-ring (bicyclic) bond motifs is 2. The van der Waals surface area contributed by atoms with Crippen molar-refractivity contribution in [1.29, 1.82) is 0 Å². The quantitative estimate of drug-likeness (QED) is 0.861. The Morgan fingerprint density at radius 2 is 1.81 bits per heavy atom. The van der Waals surface area contributed by atoms with Crippen LogP contribution in [-0.4, -0.2) is 31.1 Å². The van der Waals surface area contributed by atoms with Crippen LogP contribution in [0.5, 0.6) is 5.75 Å². The zero-order valence-corrected chi connectivity index (χ0v) is 15.1. The zero-order valence-electron chi connectivity index (χ0n) is 15.1. The second kappa shape index (κ2) is 7.27. The lowest BCUT2D eigenvalue weighted by Gasteiger charge is -2.29. The summed E-state index contributed by atoms with van der Waals surface area (Å²) >= 11 is 0. The van der Waals surface area contributed by atoms with Crippen LogP contribution in [0.25, 0.3) is 11.1 Å². The fraction of sp³-hybridized carbons (Fsp3) is 0.381. The van der Waals surface area contributed by atoms with Crippen molar-refractivity contribution in [3.63, 3.8) is 0 Å². The van der Waals surface area contributed by atoms with Gasteiger partial charge in [-0.05, 0) is 55.5 Å². The number of hydrogen-bond acceptors (Lipinski definition) is 3. The van der Waals surface area contributed by atoms with Gasteiger partial charge in [-0.25, -0.2) is 8.78 Å². The highest BCUT2D eigenvalue weighted by Crippen LogP contribution is 2.29. The lowest BCUT2D eigenvalue weighted by Crippen LogP contribution is -2.48. The third-order valence-electron chi connectivity index (χ3n) is 5.51. The summed E-state index contributed by atoms with van der Waals surface area (Å²) in [6.45, 7) is 0. The molecule has 27 heavy (non-hydrogen) atoms. The molecule has 6 heteroatoms. The molecule has 0 spiro atoms. The lowest BCUT2D eigenvalue weighted by molar-refractivity contribution is 0.0920. The van der Waals surface area contributed by atoms with Gasteiger partial charge in [0.1, 0.15) is 17.4 Å². The SMILES string of the molecule is COc1ccc(-c2ccc(C(=O)NC3CC4CCC(C3)N4)c(F)c2)c(F)c1. The van der Waals surface area contributed by atoms with Crippen LogP contribution >= 0.6 is 0 Å². The van der Waals surface area contributed by atoms with Crippen molar-refractivity contribution in [2.45, 2.75) is 43.8 Å². The molecular weight excluding hydrogens is 350 g/mol. The van der Waals surface area contributed by atoms with Crippen molar-refractivity contribution >= 4 is 5.91 Å².